The number of hydrogen-bond acceptors (Lipinski definition) is 4. The van der Waals surface area contributed by atoms with E-state index in [0.717, 1.165) is 35.3 Å². The maximum Gasteiger partial charge on any atom is 0.428 e. The summed E-state index contributed by atoms with van der Waals surface area (Å²) in [5.41, 5.74) is 3.43. The highest BCUT2D eigenvalue weighted by atomic mass is 16.5. The molecule has 5 rings (SSSR count). The predicted octanol–water partition coefficient (Wildman–Crippen LogP) is 5.83. The topological polar surface area (TPSA) is 84.1 Å². The molecule has 1 aliphatic rings. The van der Waals surface area contributed by atoms with Crippen molar-refractivity contribution in [3.8, 4) is 5.75 Å². The van der Waals surface area contributed by atoms with Gasteiger partial charge in [-0.3, -0.25) is 5.32 Å². The number of nitrogens with one attached hydrogen (secondary N) is 2. The molecule has 2 atom stereocenters. The molecule has 184 valence electrons. The third-order valence-corrected chi connectivity index (χ3v) is 7.07. The number of anilines is 1. The molecule has 7 heteroatoms. The number of hydrogen-bond donors (Lipinski definition) is 2. The van der Waals surface area contributed by atoms with Gasteiger partial charge in [-0.25, -0.2) is 14.6 Å². The lowest BCUT2D eigenvalue weighted by Crippen LogP contribution is -2.60. The van der Waals surface area contributed by atoms with Crippen LogP contribution in [0.1, 0.15) is 37.6 Å². The van der Waals surface area contributed by atoms with Gasteiger partial charge in [0.15, 0.2) is 0 Å². The van der Waals surface area contributed by atoms with Crippen LogP contribution >= 0.6 is 0 Å². The second-order valence-corrected chi connectivity index (χ2v) is 9.38. The summed E-state index contributed by atoms with van der Waals surface area (Å²) >= 11 is 0. The molecular weight excluding hydrogens is 452 g/mol. The lowest BCUT2D eigenvalue weighted by Gasteiger charge is -2.33. The number of amides is 3. The van der Waals surface area contributed by atoms with Gasteiger partial charge in [0.05, 0.1) is 29.7 Å². The summed E-state index contributed by atoms with van der Waals surface area (Å²) in [7, 11) is 0. The molecule has 4 aromatic rings. The van der Waals surface area contributed by atoms with E-state index in [-0.39, 0.29) is 28.9 Å². The van der Waals surface area contributed by atoms with Crippen LogP contribution in [0.4, 0.5) is 10.5 Å². The van der Waals surface area contributed by atoms with Crippen molar-refractivity contribution in [1.29, 1.82) is 0 Å². The number of aryl methyl sites for hydroxylation is 1. The minimum Gasteiger partial charge on any atom is -0.487 e. The van der Waals surface area contributed by atoms with Gasteiger partial charge in [0.25, 0.3) is 0 Å². The first-order chi connectivity index (χ1) is 17.6. The Kier molecular flexibility index (Phi) is 6.82. The molecule has 1 fully saturated rings. The third kappa shape index (κ3) is 4.75. The number of imide groups is 1. The molecule has 1 aliphatic heterocycles. The normalized spacial score (nSPS) is 19.3. The van der Waals surface area contributed by atoms with Gasteiger partial charge >= 0.3 is 11.9 Å². The van der Waals surface area contributed by atoms with Crippen molar-refractivity contribution in [1.82, 2.24) is 9.97 Å². The number of ether oxygens (including phenoxy) is 1. The van der Waals surface area contributed by atoms with Gasteiger partial charge in [-0.2, -0.15) is 4.48 Å². The third-order valence-electron chi connectivity index (χ3n) is 7.07. The highest BCUT2D eigenvalue weighted by molar-refractivity contribution is 5.93. The number of aromatic nitrogens is 2. The average molecular weight is 484 g/mol. The number of rotatable bonds is 7. The van der Waals surface area contributed by atoms with Crippen LogP contribution in [-0.4, -0.2) is 39.0 Å². The van der Waals surface area contributed by atoms with E-state index in [4.69, 9.17) is 4.74 Å². The highest BCUT2D eigenvalue weighted by Crippen LogP contribution is 2.32. The van der Waals surface area contributed by atoms with Gasteiger partial charge in [0, 0.05) is 19.3 Å². The Morgan fingerprint density at radius 2 is 1.78 bits per heavy atom. The number of imidazole rings is 1. The molecule has 1 unspecified atom stereocenters. The van der Waals surface area contributed by atoms with E-state index in [1.807, 2.05) is 85.8 Å². The van der Waals surface area contributed by atoms with Gasteiger partial charge in [-0.05, 0) is 36.8 Å². The minimum atomic E-state index is -0.301. The lowest BCUT2D eigenvalue weighted by molar-refractivity contribution is -0.782. The zero-order valence-corrected chi connectivity index (χ0v) is 20.4. The molecule has 1 aromatic heterocycles. The van der Waals surface area contributed by atoms with E-state index in [1.54, 1.807) is 0 Å². The molecule has 7 nitrogen and oxygen atoms in total. The summed E-state index contributed by atoms with van der Waals surface area (Å²) < 4.78 is 5.82. The molecule has 0 spiro atoms. The number of carbonyl (C=O) groups excluding carboxylic acids is 2. The van der Waals surface area contributed by atoms with Gasteiger partial charge in [0.1, 0.15) is 24.2 Å². The smallest absolute Gasteiger partial charge is 0.428 e. The van der Waals surface area contributed by atoms with Gasteiger partial charge in [-0.15, -0.1) is 0 Å². The quantitative estimate of drug-likeness (QED) is 0.324. The van der Waals surface area contributed by atoms with Crippen LogP contribution in [0.25, 0.3) is 11.0 Å². The number of quaternary nitrogens is 1. The van der Waals surface area contributed by atoms with Crippen LogP contribution < -0.4 is 10.1 Å². The van der Waals surface area contributed by atoms with Crippen molar-refractivity contribution in [3.63, 3.8) is 0 Å². The first-order valence-electron chi connectivity index (χ1n) is 12.5. The van der Waals surface area contributed by atoms with Gasteiger partial charge in [0.2, 0.25) is 0 Å². The van der Waals surface area contributed by atoms with E-state index >= 15 is 0 Å². The van der Waals surface area contributed by atoms with Crippen molar-refractivity contribution in [2.24, 2.45) is 0 Å². The monoisotopic (exact) mass is 483 g/mol. The number of H-pyrrole nitrogens is 1. The second kappa shape index (κ2) is 10.3. The van der Waals surface area contributed by atoms with E-state index < -0.39 is 0 Å². The Balaban J connectivity index is 1.31. The predicted molar refractivity (Wildman–Crippen MR) is 139 cm³/mol. The minimum absolute atomic E-state index is 0.0827. The van der Waals surface area contributed by atoms with Crippen LogP contribution in [0.5, 0.6) is 5.75 Å². The van der Waals surface area contributed by atoms with Crippen molar-refractivity contribution < 1.29 is 18.8 Å². The van der Waals surface area contributed by atoms with Crippen molar-refractivity contribution in [2.45, 2.75) is 45.3 Å². The van der Waals surface area contributed by atoms with E-state index in [2.05, 4.69) is 15.3 Å². The van der Waals surface area contributed by atoms with Crippen molar-refractivity contribution >= 4 is 28.7 Å². The Morgan fingerprint density at radius 1 is 1.03 bits per heavy atom. The van der Waals surface area contributed by atoms with Crippen LogP contribution in [0, 0.1) is 0 Å². The molecule has 3 amide bonds. The fraction of sp³-hybridized carbons (Fsp3) is 0.276. The summed E-state index contributed by atoms with van der Waals surface area (Å²) in [6, 6.07) is 24.7. The van der Waals surface area contributed by atoms with E-state index in [0.29, 0.717) is 31.0 Å². The molecule has 1 saturated heterocycles. The molecule has 0 saturated carbocycles. The zero-order chi connectivity index (χ0) is 25.0. The fourth-order valence-corrected chi connectivity index (χ4v) is 5.06. The van der Waals surface area contributed by atoms with Gasteiger partial charge in [-0.1, -0.05) is 54.6 Å². The maximum atomic E-state index is 13.7. The molecule has 2 N–H and O–H groups in total. The lowest BCUT2D eigenvalue weighted by atomic mass is 10.2. The van der Waals surface area contributed by atoms with Gasteiger partial charge < -0.3 is 9.72 Å². The standard InChI is InChI=1S/C29H30N4O3/c1-21-10-9-19-33(21,28(34)18-17-27-30-23-13-5-6-14-24(23)31-27)29(35)32-25-15-7-8-16-26(25)36-20-22-11-3-2-4-12-22/h2-8,11-16,21H,9-10,17-20H2,1H3,(H-,30,31,32,35)/p+1/t21-,33?/m1/s1. The van der Waals surface area contributed by atoms with E-state index in [1.165, 1.54) is 0 Å². The van der Waals surface area contributed by atoms with Crippen molar-refractivity contribution in [2.75, 3.05) is 11.9 Å². The number of urea groups is 1. The highest BCUT2D eigenvalue weighted by Gasteiger charge is 2.52. The Bertz CT molecular complexity index is 1330. The van der Waals surface area contributed by atoms with Crippen LogP contribution in [0.15, 0.2) is 78.9 Å². The first-order valence-corrected chi connectivity index (χ1v) is 12.5. The van der Waals surface area contributed by atoms with Crippen LogP contribution in [0.3, 0.4) is 0 Å². The molecule has 0 bridgehead atoms. The first kappa shape index (κ1) is 23.8. The Hall–Kier alpha value is -3.97. The largest absolute Gasteiger partial charge is 0.487 e. The number of benzene rings is 3. The summed E-state index contributed by atoms with van der Waals surface area (Å²) in [5.74, 6) is 1.25. The van der Waals surface area contributed by atoms with E-state index in [9.17, 15) is 9.59 Å². The zero-order valence-electron chi connectivity index (χ0n) is 20.4. The number of likely N-dealkylation sites (tertiary alicyclic amines) is 1. The molecular formula is C29H31N4O3+. The summed E-state index contributed by atoms with van der Waals surface area (Å²) in [4.78, 5) is 35.2. The number of fused-ring (bicyclic) bond motifs is 1. The summed E-state index contributed by atoms with van der Waals surface area (Å²) in [6.45, 7) is 2.88. The number of nitrogens with zero attached hydrogens (tertiary/aromatic N) is 2. The number of aromatic amines is 1. The summed E-state index contributed by atoms with van der Waals surface area (Å²) in [6.07, 6.45) is 2.36. The van der Waals surface area contributed by atoms with Crippen LogP contribution in [-0.2, 0) is 17.8 Å². The van der Waals surface area contributed by atoms with Crippen LogP contribution in [0.2, 0.25) is 0 Å². The SMILES string of the molecule is C[C@@H]1CCC[N+]1(C(=O)CCc1nc2ccccc2[nH]1)C(=O)Nc1ccccc1OCc1ccccc1. The number of carbonyl (C=O) groups is 2. The Labute approximate surface area is 210 Å². The second-order valence-electron chi connectivity index (χ2n) is 9.38. The molecule has 36 heavy (non-hydrogen) atoms. The molecule has 3 aromatic carbocycles. The van der Waals surface area contributed by atoms with Crippen molar-refractivity contribution in [3.05, 3.63) is 90.3 Å². The Morgan fingerprint density at radius 3 is 2.56 bits per heavy atom. The average Bonchev–Trinajstić information content (AvgIpc) is 3.51. The number of para-hydroxylation sites is 4. The molecule has 0 aliphatic carbocycles. The fourth-order valence-electron chi connectivity index (χ4n) is 5.06. The molecule has 0 radical (unpaired) electrons. The maximum absolute atomic E-state index is 13.7. The summed E-state index contributed by atoms with van der Waals surface area (Å²) in [5, 5.41) is 3.02. The molecule has 2 heterocycles.